The smallest absolute Gasteiger partial charge is 0.104 e. The van der Waals surface area contributed by atoms with E-state index in [4.69, 9.17) is 0 Å². The highest BCUT2D eigenvalue weighted by molar-refractivity contribution is 5.61. The Morgan fingerprint density at radius 1 is 1.39 bits per heavy atom. The maximum atomic E-state index is 4.59. The van der Waals surface area contributed by atoms with Crippen molar-refractivity contribution in [2.24, 2.45) is 10.4 Å². The van der Waals surface area contributed by atoms with Crippen LogP contribution in [-0.4, -0.2) is 29.4 Å². The van der Waals surface area contributed by atoms with E-state index in [1.807, 2.05) is 17.5 Å². The first kappa shape index (κ1) is 11.5. The fraction of sp³-hybridized carbons (Fsp3) is 0.571. The number of rotatable bonds is 2. The number of aromatic nitrogens is 1. The second-order valence-corrected chi connectivity index (χ2v) is 6.00. The summed E-state index contributed by atoms with van der Waals surface area (Å²) in [7, 11) is 0. The van der Waals surface area contributed by atoms with Crippen LogP contribution in [0, 0.1) is 5.41 Å². The lowest BCUT2D eigenvalue weighted by molar-refractivity contribution is 0.312. The zero-order valence-electron chi connectivity index (χ0n) is 11.1. The summed E-state index contributed by atoms with van der Waals surface area (Å²) in [5.41, 5.74) is 7.48. The average molecular weight is 244 g/mol. The minimum atomic E-state index is 0.405. The van der Waals surface area contributed by atoms with Gasteiger partial charge in [-0.05, 0) is 36.3 Å². The van der Waals surface area contributed by atoms with Crippen LogP contribution in [0.2, 0.25) is 0 Å². The molecule has 18 heavy (non-hydrogen) atoms. The van der Waals surface area contributed by atoms with E-state index in [-0.39, 0.29) is 0 Å². The molecule has 3 rings (SSSR count). The van der Waals surface area contributed by atoms with E-state index >= 15 is 0 Å². The molecule has 96 valence electrons. The second kappa shape index (κ2) is 4.26. The Morgan fingerprint density at radius 2 is 2.28 bits per heavy atom. The number of hydrazine groups is 1. The molecule has 0 aromatic carbocycles. The molecule has 2 aliphatic rings. The van der Waals surface area contributed by atoms with E-state index in [1.165, 1.54) is 17.7 Å². The summed E-state index contributed by atoms with van der Waals surface area (Å²) in [6.07, 6.45) is 7.25. The summed E-state index contributed by atoms with van der Waals surface area (Å²) < 4.78 is 0. The Labute approximate surface area is 108 Å². The molecule has 0 fully saturated rings. The molecule has 0 radical (unpaired) electrons. The molecule has 1 aliphatic heterocycles. The number of pyridine rings is 1. The van der Waals surface area contributed by atoms with Crippen LogP contribution in [0.1, 0.15) is 31.5 Å². The van der Waals surface area contributed by atoms with Gasteiger partial charge in [0.15, 0.2) is 0 Å². The highest BCUT2D eigenvalue weighted by Crippen LogP contribution is 2.34. The van der Waals surface area contributed by atoms with Gasteiger partial charge in [0.05, 0.1) is 25.0 Å². The van der Waals surface area contributed by atoms with Crippen LogP contribution in [0.5, 0.6) is 0 Å². The number of aryl methyl sites for hydroxylation is 1. The van der Waals surface area contributed by atoms with Crippen molar-refractivity contribution < 1.29 is 0 Å². The highest BCUT2D eigenvalue weighted by atomic mass is 15.5. The van der Waals surface area contributed by atoms with Gasteiger partial charge in [0.1, 0.15) is 6.34 Å². The third-order valence-corrected chi connectivity index (χ3v) is 3.73. The third kappa shape index (κ3) is 2.33. The van der Waals surface area contributed by atoms with Crippen LogP contribution >= 0.6 is 0 Å². The topological polar surface area (TPSA) is 40.5 Å². The molecular formula is C14H20N4. The van der Waals surface area contributed by atoms with Gasteiger partial charge in [-0.25, -0.2) is 0 Å². The Hall–Kier alpha value is -1.58. The molecule has 4 heteroatoms. The van der Waals surface area contributed by atoms with Gasteiger partial charge in [0.25, 0.3) is 0 Å². The molecule has 0 saturated heterocycles. The predicted octanol–water partition coefficient (Wildman–Crippen LogP) is 2.27. The van der Waals surface area contributed by atoms with E-state index < -0.39 is 0 Å². The fourth-order valence-electron chi connectivity index (χ4n) is 2.67. The van der Waals surface area contributed by atoms with Gasteiger partial charge in [-0.15, -0.1) is 0 Å². The molecule has 0 spiro atoms. The van der Waals surface area contributed by atoms with E-state index in [1.54, 1.807) is 0 Å². The Morgan fingerprint density at radius 3 is 3.06 bits per heavy atom. The first-order valence-electron chi connectivity index (χ1n) is 6.63. The molecular weight excluding hydrogens is 224 g/mol. The van der Waals surface area contributed by atoms with Crippen LogP contribution < -0.4 is 5.43 Å². The molecule has 0 atom stereocenters. The van der Waals surface area contributed by atoms with Crippen LogP contribution in [0.4, 0.5) is 5.69 Å². The van der Waals surface area contributed by atoms with E-state index in [0.717, 1.165) is 31.6 Å². The summed E-state index contributed by atoms with van der Waals surface area (Å²) in [5, 5.41) is 2.01. The Kier molecular flexibility index (Phi) is 2.73. The standard InChI is InChI=1S/C14H20N4/c1-14(2)4-3-13-11(8-14)7-12(9-16-13)17-18-6-5-15-10-18/h7,9-10,17H,3-6,8H2,1-2H3. The molecule has 4 nitrogen and oxygen atoms in total. The van der Waals surface area contributed by atoms with Crippen molar-refractivity contribution in [2.75, 3.05) is 18.5 Å². The zero-order chi connectivity index (χ0) is 12.6. The van der Waals surface area contributed by atoms with Crippen LogP contribution in [0.15, 0.2) is 17.3 Å². The highest BCUT2D eigenvalue weighted by Gasteiger charge is 2.26. The maximum Gasteiger partial charge on any atom is 0.104 e. The maximum absolute atomic E-state index is 4.59. The van der Waals surface area contributed by atoms with Crippen molar-refractivity contribution >= 4 is 12.0 Å². The Balaban J connectivity index is 1.79. The molecule has 0 unspecified atom stereocenters. The SMILES string of the molecule is CC1(C)CCc2ncc(NN3C=NCC3)cc2C1. The molecule has 1 aromatic heterocycles. The predicted molar refractivity (Wildman–Crippen MR) is 73.7 cm³/mol. The second-order valence-electron chi connectivity index (χ2n) is 6.00. The first-order chi connectivity index (χ1) is 8.62. The van der Waals surface area contributed by atoms with Crippen molar-refractivity contribution in [2.45, 2.75) is 33.1 Å². The van der Waals surface area contributed by atoms with Gasteiger partial charge in [-0.3, -0.25) is 20.4 Å². The van der Waals surface area contributed by atoms with Crippen molar-refractivity contribution in [1.82, 2.24) is 9.99 Å². The summed E-state index contributed by atoms with van der Waals surface area (Å²) in [6.45, 7) is 6.48. The van der Waals surface area contributed by atoms with E-state index in [2.05, 4.69) is 35.3 Å². The number of aliphatic imine (C=N–C) groups is 1. The monoisotopic (exact) mass is 244 g/mol. The van der Waals surface area contributed by atoms with Crippen LogP contribution in [-0.2, 0) is 12.8 Å². The molecule has 1 N–H and O–H groups in total. The third-order valence-electron chi connectivity index (χ3n) is 3.73. The summed E-state index contributed by atoms with van der Waals surface area (Å²) in [5.74, 6) is 0. The quantitative estimate of drug-likeness (QED) is 0.867. The van der Waals surface area contributed by atoms with Crippen molar-refractivity contribution in [3.63, 3.8) is 0 Å². The number of anilines is 1. The lowest BCUT2D eigenvalue weighted by Crippen LogP contribution is -2.27. The fourth-order valence-corrected chi connectivity index (χ4v) is 2.67. The van der Waals surface area contributed by atoms with E-state index in [0.29, 0.717) is 5.41 Å². The van der Waals surface area contributed by atoms with Crippen LogP contribution in [0.25, 0.3) is 0 Å². The van der Waals surface area contributed by atoms with Gasteiger partial charge >= 0.3 is 0 Å². The molecule has 0 saturated carbocycles. The van der Waals surface area contributed by atoms with Gasteiger partial charge in [-0.2, -0.15) is 0 Å². The van der Waals surface area contributed by atoms with E-state index in [9.17, 15) is 0 Å². The van der Waals surface area contributed by atoms with Crippen LogP contribution in [0.3, 0.4) is 0 Å². The van der Waals surface area contributed by atoms with Gasteiger partial charge in [0.2, 0.25) is 0 Å². The van der Waals surface area contributed by atoms with Gasteiger partial charge < -0.3 is 0 Å². The zero-order valence-corrected chi connectivity index (χ0v) is 11.1. The molecule has 2 heterocycles. The summed E-state index contributed by atoms with van der Waals surface area (Å²) in [6, 6.07) is 2.25. The average Bonchev–Trinajstić information content (AvgIpc) is 2.80. The number of nitrogens with one attached hydrogen (secondary N) is 1. The molecule has 0 amide bonds. The minimum Gasteiger partial charge on any atom is -0.296 e. The first-order valence-corrected chi connectivity index (χ1v) is 6.63. The molecule has 1 aliphatic carbocycles. The summed E-state index contributed by atoms with van der Waals surface area (Å²) >= 11 is 0. The number of hydrogen-bond donors (Lipinski definition) is 1. The summed E-state index contributed by atoms with van der Waals surface area (Å²) in [4.78, 5) is 8.78. The normalized spacial score (nSPS) is 20.9. The van der Waals surface area contributed by atoms with Crippen molar-refractivity contribution in [1.29, 1.82) is 0 Å². The number of hydrogen-bond acceptors (Lipinski definition) is 4. The Bertz CT molecular complexity index is 479. The molecule has 0 bridgehead atoms. The lowest BCUT2D eigenvalue weighted by atomic mass is 9.76. The number of nitrogens with zero attached hydrogens (tertiary/aromatic N) is 3. The lowest BCUT2D eigenvalue weighted by Gasteiger charge is -2.31. The largest absolute Gasteiger partial charge is 0.296 e. The van der Waals surface area contributed by atoms with Gasteiger partial charge in [0, 0.05) is 5.69 Å². The van der Waals surface area contributed by atoms with Crippen molar-refractivity contribution in [3.05, 3.63) is 23.5 Å². The van der Waals surface area contributed by atoms with Crippen molar-refractivity contribution in [3.8, 4) is 0 Å². The van der Waals surface area contributed by atoms with Gasteiger partial charge in [-0.1, -0.05) is 13.8 Å². The number of fused-ring (bicyclic) bond motifs is 1. The minimum absolute atomic E-state index is 0.405. The molecule has 1 aromatic rings.